The van der Waals surface area contributed by atoms with Gasteiger partial charge in [0.25, 0.3) is 0 Å². The van der Waals surface area contributed by atoms with Crippen LogP contribution in [0.4, 0.5) is 5.69 Å². The maximum atomic E-state index is 12.6. The Hall–Kier alpha value is -2.62. The van der Waals surface area contributed by atoms with Gasteiger partial charge in [-0.3, -0.25) is 9.59 Å². The van der Waals surface area contributed by atoms with Crippen LogP contribution in [0.15, 0.2) is 48.5 Å². The molecule has 0 saturated heterocycles. The molecule has 0 aliphatic carbocycles. The smallest absolute Gasteiger partial charge is 0.244 e. The summed E-state index contributed by atoms with van der Waals surface area (Å²) in [4.78, 5) is 26.2. The number of hydrogen-bond donors (Lipinski definition) is 1. The second kappa shape index (κ2) is 8.17. The van der Waals surface area contributed by atoms with Crippen LogP contribution in [0.5, 0.6) is 0 Å². The molecule has 0 fully saturated rings. The number of hydrogen-bond acceptors (Lipinski definition) is 2. The molecule has 4 nitrogen and oxygen atoms in total. The zero-order valence-corrected chi connectivity index (χ0v) is 16.3. The maximum absolute atomic E-state index is 12.6. The third kappa shape index (κ3) is 5.19. The van der Waals surface area contributed by atoms with Crippen LogP contribution in [0.1, 0.15) is 44.4 Å². The summed E-state index contributed by atoms with van der Waals surface area (Å²) in [6.07, 6.45) is 0. The molecule has 1 N–H and O–H groups in total. The lowest BCUT2D eigenvalue weighted by molar-refractivity contribution is -0.133. The largest absolute Gasteiger partial charge is 0.329 e. The monoisotopic (exact) mass is 352 g/mol. The van der Waals surface area contributed by atoms with Gasteiger partial charge in [0, 0.05) is 19.2 Å². The van der Waals surface area contributed by atoms with Crippen LogP contribution < -0.4 is 5.32 Å². The summed E-state index contributed by atoms with van der Waals surface area (Å²) in [6.45, 7) is 10.3. The molecule has 0 aliphatic heterocycles. The average molecular weight is 352 g/mol. The number of benzene rings is 2. The quantitative estimate of drug-likeness (QED) is 0.873. The molecule has 138 valence electrons. The lowest BCUT2D eigenvalue weighted by Gasteiger charge is -2.25. The Kier molecular flexibility index (Phi) is 6.19. The number of rotatable bonds is 5. The molecule has 0 bridgehead atoms. The predicted octanol–water partition coefficient (Wildman–Crippen LogP) is 4.28. The van der Waals surface area contributed by atoms with E-state index in [9.17, 15) is 9.59 Å². The third-order valence-corrected chi connectivity index (χ3v) is 4.41. The number of nitrogens with zero attached hydrogens (tertiary/aromatic N) is 1. The fourth-order valence-electron chi connectivity index (χ4n) is 2.88. The van der Waals surface area contributed by atoms with E-state index in [2.05, 4.69) is 26.1 Å². The number of nitrogens with one attached hydrogen (secondary N) is 1. The molecule has 0 atom stereocenters. The minimum absolute atomic E-state index is 0.0299. The first-order chi connectivity index (χ1) is 12.2. The highest BCUT2D eigenvalue weighted by Crippen LogP contribution is 2.29. The van der Waals surface area contributed by atoms with Crippen LogP contribution in [0.3, 0.4) is 0 Å². The van der Waals surface area contributed by atoms with Crippen LogP contribution in [0, 0.1) is 6.92 Å². The van der Waals surface area contributed by atoms with Crippen molar-refractivity contribution in [3.8, 4) is 0 Å². The molecule has 0 saturated carbocycles. The zero-order chi connectivity index (χ0) is 19.3. The molecular weight excluding hydrogens is 324 g/mol. The topological polar surface area (TPSA) is 49.4 Å². The van der Waals surface area contributed by atoms with Crippen LogP contribution >= 0.6 is 0 Å². The van der Waals surface area contributed by atoms with E-state index in [4.69, 9.17) is 0 Å². The van der Waals surface area contributed by atoms with Gasteiger partial charge < -0.3 is 10.2 Å². The van der Waals surface area contributed by atoms with Crippen molar-refractivity contribution in [3.63, 3.8) is 0 Å². The van der Waals surface area contributed by atoms with Gasteiger partial charge in [0.1, 0.15) is 6.54 Å². The van der Waals surface area contributed by atoms with Gasteiger partial charge in [-0.1, -0.05) is 63.2 Å². The minimum atomic E-state index is -0.189. The van der Waals surface area contributed by atoms with E-state index in [1.165, 1.54) is 6.92 Å². The second-order valence-corrected chi connectivity index (χ2v) is 7.65. The summed E-state index contributed by atoms with van der Waals surface area (Å²) in [5, 5.41) is 2.97. The number of carbonyl (C=O) groups is 2. The van der Waals surface area contributed by atoms with E-state index < -0.39 is 0 Å². The van der Waals surface area contributed by atoms with Gasteiger partial charge in [0.2, 0.25) is 11.8 Å². The Bertz CT molecular complexity index is 791. The number of carbonyl (C=O) groups excluding carboxylic acids is 2. The van der Waals surface area contributed by atoms with Crippen LogP contribution in [-0.2, 0) is 21.5 Å². The first kappa shape index (κ1) is 19.7. The molecule has 0 heterocycles. The molecule has 2 rings (SSSR count). The zero-order valence-electron chi connectivity index (χ0n) is 16.3. The van der Waals surface area contributed by atoms with E-state index >= 15 is 0 Å². The Morgan fingerprint density at radius 2 is 1.62 bits per heavy atom. The lowest BCUT2D eigenvalue weighted by Crippen LogP contribution is -2.36. The van der Waals surface area contributed by atoms with Gasteiger partial charge in [0.15, 0.2) is 0 Å². The molecule has 4 heteroatoms. The van der Waals surface area contributed by atoms with Crippen LogP contribution in [0.2, 0.25) is 0 Å². The van der Waals surface area contributed by atoms with Crippen LogP contribution in [0.25, 0.3) is 0 Å². The highest BCUT2D eigenvalue weighted by Gasteiger charge is 2.20. The van der Waals surface area contributed by atoms with Crippen molar-refractivity contribution in [1.29, 1.82) is 0 Å². The van der Waals surface area contributed by atoms with Gasteiger partial charge >= 0.3 is 0 Å². The number of para-hydroxylation sites is 1. The molecule has 2 amide bonds. The standard InChI is InChI=1S/C22H28N2O2/c1-16-10-6-7-11-18(16)14-24(17(2)25)15-21(26)23-20-13-9-8-12-19(20)22(3,4)5/h6-13H,14-15H2,1-5H3,(H,23,26). The summed E-state index contributed by atoms with van der Waals surface area (Å²) in [6, 6.07) is 15.7. The van der Waals surface area contributed by atoms with E-state index in [-0.39, 0.29) is 23.8 Å². The highest BCUT2D eigenvalue weighted by molar-refractivity contribution is 5.95. The Balaban J connectivity index is 2.12. The number of aryl methyl sites for hydroxylation is 1. The fraction of sp³-hybridized carbons (Fsp3) is 0.364. The lowest BCUT2D eigenvalue weighted by atomic mass is 9.86. The normalized spacial score (nSPS) is 11.1. The molecule has 0 spiro atoms. The molecule has 0 radical (unpaired) electrons. The summed E-state index contributed by atoms with van der Waals surface area (Å²) in [7, 11) is 0. The van der Waals surface area contributed by atoms with Crippen molar-refractivity contribution in [1.82, 2.24) is 4.90 Å². The summed E-state index contributed by atoms with van der Waals surface area (Å²) >= 11 is 0. The molecule has 26 heavy (non-hydrogen) atoms. The number of amides is 2. The summed E-state index contributed by atoms with van der Waals surface area (Å²) in [5.41, 5.74) is 3.94. The summed E-state index contributed by atoms with van der Waals surface area (Å²) < 4.78 is 0. The first-order valence-corrected chi connectivity index (χ1v) is 8.88. The molecule has 0 unspecified atom stereocenters. The average Bonchev–Trinajstić information content (AvgIpc) is 2.55. The van der Waals surface area contributed by atoms with E-state index in [1.807, 2.05) is 55.5 Å². The van der Waals surface area contributed by atoms with Gasteiger partial charge in [-0.15, -0.1) is 0 Å². The molecule has 2 aromatic carbocycles. The third-order valence-electron chi connectivity index (χ3n) is 4.41. The molecule has 0 aliphatic rings. The SMILES string of the molecule is CC(=O)N(CC(=O)Nc1ccccc1C(C)(C)C)Cc1ccccc1C. The first-order valence-electron chi connectivity index (χ1n) is 8.88. The fourth-order valence-corrected chi connectivity index (χ4v) is 2.88. The van der Waals surface area contributed by atoms with E-state index in [1.54, 1.807) is 4.90 Å². The van der Waals surface area contributed by atoms with Gasteiger partial charge in [0.05, 0.1) is 0 Å². The second-order valence-electron chi connectivity index (χ2n) is 7.65. The number of anilines is 1. The van der Waals surface area contributed by atoms with Crippen molar-refractivity contribution < 1.29 is 9.59 Å². The Labute approximate surface area is 156 Å². The summed E-state index contributed by atoms with van der Waals surface area (Å²) in [5.74, 6) is -0.307. The molecular formula is C22H28N2O2. The molecule has 2 aromatic rings. The van der Waals surface area contributed by atoms with E-state index in [0.29, 0.717) is 6.54 Å². The highest BCUT2D eigenvalue weighted by atomic mass is 16.2. The van der Waals surface area contributed by atoms with Crippen molar-refractivity contribution in [2.45, 2.75) is 46.6 Å². The van der Waals surface area contributed by atoms with Crippen molar-refractivity contribution >= 4 is 17.5 Å². The Morgan fingerprint density at radius 1 is 1.00 bits per heavy atom. The van der Waals surface area contributed by atoms with Gasteiger partial charge in [-0.25, -0.2) is 0 Å². The molecule has 0 aromatic heterocycles. The van der Waals surface area contributed by atoms with Gasteiger partial charge in [-0.2, -0.15) is 0 Å². The van der Waals surface area contributed by atoms with Crippen molar-refractivity contribution in [3.05, 3.63) is 65.2 Å². The minimum Gasteiger partial charge on any atom is -0.329 e. The Morgan fingerprint density at radius 3 is 2.23 bits per heavy atom. The van der Waals surface area contributed by atoms with Gasteiger partial charge in [-0.05, 0) is 35.1 Å². The maximum Gasteiger partial charge on any atom is 0.244 e. The van der Waals surface area contributed by atoms with Crippen molar-refractivity contribution in [2.75, 3.05) is 11.9 Å². The van der Waals surface area contributed by atoms with Crippen molar-refractivity contribution in [2.24, 2.45) is 0 Å². The van der Waals surface area contributed by atoms with E-state index in [0.717, 1.165) is 22.4 Å². The predicted molar refractivity (Wildman–Crippen MR) is 106 cm³/mol. The van der Waals surface area contributed by atoms with Crippen LogP contribution in [-0.4, -0.2) is 23.3 Å².